The highest BCUT2D eigenvalue weighted by atomic mass is 35.5. The molecule has 1 heterocycles. The van der Waals surface area contributed by atoms with Gasteiger partial charge in [-0.25, -0.2) is 4.68 Å². The first-order chi connectivity index (χ1) is 6.59. The third-order valence-electron chi connectivity index (χ3n) is 1.72. The van der Waals surface area contributed by atoms with Gasteiger partial charge in [0.1, 0.15) is 0 Å². The van der Waals surface area contributed by atoms with Crippen molar-refractivity contribution in [3.63, 3.8) is 0 Å². The van der Waals surface area contributed by atoms with Crippen molar-refractivity contribution in [3.8, 4) is 0 Å². The average molecular weight is 240 g/mol. The molecule has 0 fully saturated rings. The van der Waals surface area contributed by atoms with Gasteiger partial charge in [-0.3, -0.25) is 0 Å². The highest BCUT2D eigenvalue weighted by molar-refractivity contribution is 5.85. The normalized spacial score (nSPS) is 10.8. The molecule has 0 aliphatic heterocycles. The molecule has 0 unspecified atom stereocenters. The predicted molar refractivity (Wildman–Crippen MR) is 57.3 cm³/mol. The van der Waals surface area contributed by atoms with Crippen molar-refractivity contribution in [2.45, 2.75) is 26.9 Å². The van der Waals surface area contributed by atoms with Gasteiger partial charge in [-0.15, -0.1) is 12.4 Å². The molecule has 0 aliphatic carbocycles. The minimum atomic E-state index is -2.55. The summed E-state index contributed by atoms with van der Waals surface area (Å²) in [5.74, 6) is 0.548. The van der Waals surface area contributed by atoms with E-state index >= 15 is 0 Å². The zero-order valence-electron chi connectivity index (χ0n) is 8.78. The van der Waals surface area contributed by atoms with Crippen molar-refractivity contribution in [1.29, 1.82) is 0 Å². The number of rotatable bonds is 5. The molecule has 1 aromatic heterocycles. The monoisotopic (exact) mass is 239 g/mol. The highest BCUT2D eigenvalue weighted by Crippen LogP contribution is 2.08. The first-order valence-corrected chi connectivity index (χ1v) is 4.62. The van der Waals surface area contributed by atoms with E-state index in [0.29, 0.717) is 22.8 Å². The largest absolute Gasteiger partial charge is 0.333 e. The quantitative estimate of drug-likeness (QED) is 0.856. The second-order valence-electron chi connectivity index (χ2n) is 3.59. The van der Waals surface area contributed by atoms with Gasteiger partial charge in [0, 0.05) is 12.7 Å². The minimum absolute atomic E-state index is 0. The van der Waals surface area contributed by atoms with Crippen molar-refractivity contribution in [2.24, 2.45) is 5.92 Å². The number of hydrogen-bond donors (Lipinski definition) is 1. The van der Waals surface area contributed by atoms with E-state index in [4.69, 9.17) is 0 Å². The Hall–Kier alpha value is -0.680. The molecular weight excluding hydrogens is 224 g/mol. The van der Waals surface area contributed by atoms with Gasteiger partial charge in [0.25, 0.3) is 0 Å². The summed E-state index contributed by atoms with van der Waals surface area (Å²) in [6.07, 6.45) is 1.29. The SMILES string of the molecule is CC(C)CNCc1ccn(C(F)F)n1.Cl. The van der Waals surface area contributed by atoms with Crippen molar-refractivity contribution in [3.05, 3.63) is 18.0 Å². The molecular formula is C9H16ClF2N3. The lowest BCUT2D eigenvalue weighted by molar-refractivity contribution is 0.0561. The van der Waals surface area contributed by atoms with Gasteiger partial charge in [-0.05, 0) is 18.5 Å². The van der Waals surface area contributed by atoms with Gasteiger partial charge < -0.3 is 5.32 Å². The van der Waals surface area contributed by atoms with Crippen LogP contribution in [-0.4, -0.2) is 16.3 Å². The summed E-state index contributed by atoms with van der Waals surface area (Å²) in [6.45, 7) is 3.03. The summed E-state index contributed by atoms with van der Waals surface area (Å²) in [4.78, 5) is 0. The van der Waals surface area contributed by atoms with Crippen LogP contribution in [0.2, 0.25) is 0 Å². The Kier molecular flexibility index (Phi) is 6.43. The second kappa shape index (κ2) is 6.74. The van der Waals surface area contributed by atoms with Crippen molar-refractivity contribution >= 4 is 12.4 Å². The van der Waals surface area contributed by atoms with Crippen LogP contribution in [0.4, 0.5) is 8.78 Å². The van der Waals surface area contributed by atoms with Gasteiger partial charge in [-0.1, -0.05) is 13.8 Å². The molecule has 6 heteroatoms. The van der Waals surface area contributed by atoms with E-state index in [-0.39, 0.29) is 12.4 Å². The highest BCUT2D eigenvalue weighted by Gasteiger charge is 2.06. The molecule has 3 nitrogen and oxygen atoms in total. The van der Waals surface area contributed by atoms with E-state index in [9.17, 15) is 8.78 Å². The molecule has 0 atom stereocenters. The zero-order chi connectivity index (χ0) is 10.6. The fraction of sp³-hybridized carbons (Fsp3) is 0.667. The number of halogens is 3. The standard InChI is InChI=1S/C9H15F2N3.ClH/c1-7(2)5-12-6-8-3-4-14(13-8)9(10)11;/h3-4,7,9,12H,5-6H2,1-2H3;1H. The van der Waals surface area contributed by atoms with Gasteiger partial charge in [0.15, 0.2) is 0 Å². The summed E-state index contributed by atoms with van der Waals surface area (Å²) in [6, 6.07) is 1.60. The molecule has 88 valence electrons. The Morgan fingerprint density at radius 2 is 2.13 bits per heavy atom. The number of alkyl halides is 2. The van der Waals surface area contributed by atoms with E-state index < -0.39 is 6.55 Å². The van der Waals surface area contributed by atoms with Crippen LogP contribution in [0.25, 0.3) is 0 Å². The topological polar surface area (TPSA) is 29.9 Å². The molecule has 0 radical (unpaired) electrons. The maximum atomic E-state index is 12.1. The van der Waals surface area contributed by atoms with E-state index in [1.807, 2.05) is 0 Å². The van der Waals surface area contributed by atoms with Gasteiger partial charge in [0.05, 0.1) is 5.69 Å². The molecule has 15 heavy (non-hydrogen) atoms. The Morgan fingerprint density at radius 3 is 2.60 bits per heavy atom. The van der Waals surface area contributed by atoms with Crippen LogP contribution in [0.3, 0.4) is 0 Å². The third-order valence-corrected chi connectivity index (χ3v) is 1.72. The minimum Gasteiger partial charge on any atom is -0.311 e. The molecule has 1 N–H and O–H groups in total. The lowest BCUT2D eigenvalue weighted by Crippen LogP contribution is -2.19. The Balaban J connectivity index is 0.00000196. The third kappa shape index (κ3) is 5.09. The summed E-state index contributed by atoms with van der Waals surface area (Å²) in [7, 11) is 0. The molecule has 0 aliphatic rings. The maximum Gasteiger partial charge on any atom is 0.333 e. The zero-order valence-corrected chi connectivity index (χ0v) is 9.60. The van der Waals surface area contributed by atoms with E-state index in [0.717, 1.165) is 6.54 Å². The first-order valence-electron chi connectivity index (χ1n) is 4.62. The van der Waals surface area contributed by atoms with Crippen LogP contribution in [0.1, 0.15) is 26.1 Å². The Bertz CT molecular complexity index is 276. The fourth-order valence-corrected chi connectivity index (χ4v) is 1.07. The van der Waals surface area contributed by atoms with Crippen LogP contribution in [0.15, 0.2) is 12.3 Å². The van der Waals surface area contributed by atoms with Crippen LogP contribution >= 0.6 is 12.4 Å². The molecule has 0 saturated heterocycles. The number of hydrogen-bond acceptors (Lipinski definition) is 2. The van der Waals surface area contributed by atoms with Crippen LogP contribution < -0.4 is 5.32 Å². The predicted octanol–water partition coefficient (Wildman–Crippen LogP) is 2.45. The summed E-state index contributed by atoms with van der Waals surface area (Å²) < 4.78 is 24.9. The van der Waals surface area contributed by atoms with Crippen molar-refractivity contribution in [1.82, 2.24) is 15.1 Å². The average Bonchev–Trinajstić information content (AvgIpc) is 2.52. The van der Waals surface area contributed by atoms with Crippen LogP contribution in [0, 0.1) is 5.92 Å². The fourth-order valence-electron chi connectivity index (χ4n) is 1.07. The van der Waals surface area contributed by atoms with Gasteiger partial charge in [-0.2, -0.15) is 13.9 Å². The second-order valence-corrected chi connectivity index (χ2v) is 3.59. The number of aromatic nitrogens is 2. The summed E-state index contributed by atoms with van der Waals surface area (Å²) in [5, 5.41) is 6.84. The summed E-state index contributed by atoms with van der Waals surface area (Å²) >= 11 is 0. The number of nitrogens with one attached hydrogen (secondary N) is 1. The van der Waals surface area contributed by atoms with Crippen LogP contribution in [0.5, 0.6) is 0 Å². The Morgan fingerprint density at radius 1 is 1.47 bits per heavy atom. The van der Waals surface area contributed by atoms with Crippen molar-refractivity contribution < 1.29 is 8.78 Å². The van der Waals surface area contributed by atoms with Crippen molar-refractivity contribution in [2.75, 3.05) is 6.54 Å². The number of nitrogens with zero attached hydrogens (tertiary/aromatic N) is 2. The van der Waals surface area contributed by atoms with E-state index in [1.54, 1.807) is 6.07 Å². The molecule has 0 bridgehead atoms. The van der Waals surface area contributed by atoms with Gasteiger partial charge in [0.2, 0.25) is 0 Å². The Labute approximate surface area is 94.3 Å². The molecule has 0 amide bonds. The van der Waals surface area contributed by atoms with E-state index in [2.05, 4.69) is 24.3 Å². The molecule has 1 rings (SSSR count). The molecule has 0 spiro atoms. The smallest absolute Gasteiger partial charge is 0.311 e. The first kappa shape index (κ1) is 14.3. The molecule has 0 saturated carbocycles. The van der Waals surface area contributed by atoms with Gasteiger partial charge >= 0.3 is 6.55 Å². The molecule has 1 aromatic rings. The maximum absolute atomic E-state index is 12.1. The lowest BCUT2D eigenvalue weighted by atomic mass is 10.2. The van der Waals surface area contributed by atoms with Crippen LogP contribution in [-0.2, 0) is 6.54 Å². The van der Waals surface area contributed by atoms with E-state index in [1.165, 1.54) is 6.20 Å². The summed E-state index contributed by atoms with van der Waals surface area (Å²) in [5.41, 5.74) is 0.644. The molecule has 0 aromatic carbocycles. The lowest BCUT2D eigenvalue weighted by Gasteiger charge is -2.04.